The van der Waals surface area contributed by atoms with E-state index in [2.05, 4.69) is 67.2 Å². The number of nitrogens with one attached hydrogen (secondary N) is 1. The molecule has 4 rings (SSSR count). The number of benzene rings is 1. The first-order valence-corrected chi connectivity index (χ1v) is 11.3. The molecule has 1 aromatic heterocycles. The lowest BCUT2D eigenvalue weighted by Gasteiger charge is -2.37. The van der Waals surface area contributed by atoms with E-state index in [1.165, 1.54) is 5.56 Å². The third-order valence-electron chi connectivity index (χ3n) is 5.83. The molecule has 1 N–H and O–H groups in total. The van der Waals surface area contributed by atoms with Crippen LogP contribution in [-0.4, -0.2) is 91.3 Å². The Labute approximate surface area is 184 Å². The minimum Gasteiger partial charge on any atom is -0.379 e. The molecule has 0 saturated carbocycles. The van der Waals surface area contributed by atoms with Gasteiger partial charge in [0.15, 0.2) is 5.96 Å². The van der Waals surface area contributed by atoms with Crippen molar-refractivity contribution in [2.24, 2.45) is 4.99 Å². The molecule has 8 heteroatoms. The first-order valence-electron chi connectivity index (χ1n) is 11.3. The largest absolute Gasteiger partial charge is 0.379 e. The van der Waals surface area contributed by atoms with Crippen molar-refractivity contribution in [1.29, 1.82) is 0 Å². The Morgan fingerprint density at radius 3 is 2.39 bits per heavy atom. The number of hydrogen-bond acceptors (Lipinski definition) is 6. The van der Waals surface area contributed by atoms with Crippen LogP contribution in [0.15, 0.2) is 53.8 Å². The van der Waals surface area contributed by atoms with Crippen LogP contribution in [0.1, 0.15) is 18.5 Å². The van der Waals surface area contributed by atoms with Gasteiger partial charge in [-0.1, -0.05) is 30.3 Å². The highest BCUT2D eigenvalue weighted by Gasteiger charge is 2.24. The van der Waals surface area contributed by atoms with E-state index < -0.39 is 0 Å². The van der Waals surface area contributed by atoms with Crippen LogP contribution < -0.4 is 10.2 Å². The second-order valence-corrected chi connectivity index (χ2v) is 7.79. The molecule has 0 spiro atoms. The maximum atomic E-state index is 5.58. The molecule has 0 radical (unpaired) electrons. The molecule has 1 aromatic carbocycles. The van der Waals surface area contributed by atoms with Gasteiger partial charge in [0, 0.05) is 58.2 Å². The van der Waals surface area contributed by atoms with E-state index in [9.17, 15) is 0 Å². The maximum absolute atomic E-state index is 5.58. The molecule has 166 valence electrons. The molecule has 2 aliphatic heterocycles. The Kier molecular flexibility index (Phi) is 7.68. The van der Waals surface area contributed by atoms with Gasteiger partial charge in [-0.2, -0.15) is 0 Å². The van der Waals surface area contributed by atoms with Crippen LogP contribution in [0, 0.1) is 0 Å². The Hall–Kier alpha value is -2.71. The summed E-state index contributed by atoms with van der Waals surface area (Å²) in [6, 6.07) is 12.8. The lowest BCUT2D eigenvalue weighted by atomic mass is 10.0. The van der Waals surface area contributed by atoms with E-state index in [-0.39, 0.29) is 6.04 Å². The van der Waals surface area contributed by atoms with Crippen molar-refractivity contribution in [1.82, 2.24) is 25.1 Å². The van der Waals surface area contributed by atoms with Crippen molar-refractivity contribution in [3.05, 3.63) is 54.4 Å². The molecular formula is C23H33N7O. The molecule has 2 aliphatic rings. The fourth-order valence-electron chi connectivity index (χ4n) is 4.17. The van der Waals surface area contributed by atoms with Crippen LogP contribution in [-0.2, 0) is 4.74 Å². The highest BCUT2D eigenvalue weighted by atomic mass is 16.5. The van der Waals surface area contributed by atoms with Gasteiger partial charge in [-0.3, -0.25) is 9.89 Å². The van der Waals surface area contributed by atoms with E-state index in [4.69, 9.17) is 9.73 Å². The normalized spacial score (nSPS) is 19.3. The molecule has 3 heterocycles. The van der Waals surface area contributed by atoms with Gasteiger partial charge in [0.1, 0.15) is 0 Å². The predicted molar refractivity (Wildman–Crippen MR) is 123 cm³/mol. The Morgan fingerprint density at radius 2 is 1.71 bits per heavy atom. The third-order valence-corrected chi connectivity index (χ3v) is 5.83. The van der Waals surface area contributed by atoms with Crippen molar-refractivity contribution >= 4 is 11.9 Å². The van der Waals surface area contributed by atoms with Crippen molar-refractivity contribution in [3.63, 3.8) is 0 Å². The molecule has 8 nitrogen and oxygen atoms in total. The monoisotopic (exact) mass is 423 g/mol. The topological polar surface area (TPSA) is 69.1 Å². The quantitative estimate of drug-likeness (QED) is 0.560. The lowest BCUT2D eigenvalue weighted by Crippen LogP contribution is -2.53. The molecular weight excluding hydrogens is 390 g/mol. The maximum Gasteiger partial charge on any atom is 0.225 e. The highest BCUT2D eigenvalue weighted by molar-refractivity contribution is 5.80. The smallest absolute Gasteiger partial charge is 0.225 e. The highest BCUT2D eigenvalue weighted by Crippen LogP contribution is 2.22. The number of rotatable bonds is 6. The molecule has 0 bridgehead atoms. The van der Waals surface area contributed by atoms with Gasteiger partial charge in [-0.15, -0.1) is 0 Å². The summed E-state index contributed by atoms with van der Waals surface area (Å²) in [5.74, 6) is 1.80. The molecule has 2 saturated heterocycles. The van der Waals surface area contributed by atoms with Crippen LogP contribution in [0.25, 0.3) is 0 Å². The van der Waals surface area contributed by atoms with Crippen LogP contribution in [0.2, 0.25) is 0 Å². The molecule has 2 fully saturated rings. The van der Waals surface area contributed by atoms with E-state index in [1.807, 2.05) is 6.07 Å². The number of nitrogens with zero attached hydrogens (tertiary/aromatic N) is 6. The van der Waals surface area contributed by atoms with Crippen LogP contribution in [0.4, 0.5) is 5.95 Å². The number of aromatic nitrogens is 2. The second kappa shape index (κ2) is 11.1. The van der Waals surface area contributed by atoms with E-state index in [0.717, 1.165) is 77.5 Å². The average molecular weight is 424 g/mol. The molecule has 1 unspecified atom stereocenters. The first-order chi connectivity index (χ1) is 15.3. The van der Waals surface area contributed by atoms with Crippen molar-refractivity contribution in [2.75, 3.05) is 70.5 Å². The van der Waals surface area contributed by atoms with Gasteiger partial charge in [0.25, 0.3) is 0 Å². The fraction of sp³-hybridized carbons (Fsp3) is 0.522. The summed E-state index contributed by atoms with van der Waals surface area (Å²) in [4.78, 5) is 20.9. The Balaban J connectivity index is 1.44. The number of hydrogen-bond donors (Lipinski definition) is 1. The zero-order valence-electron chi connectivity index (χ0n) is 18.4. The van der Waals surface area contributed by atoms with Gasteiger partial charge in [0.05, 0.1) is 25.8 Å². The van der Waals surface area contributed by atoms with Gasteiger partial charge in [-0.25, -0.2) is 9.97 Å². The van der Waals surface area contributed by atoms with Crippen molar-refractivity contribution in [3.8, 4) is 0 Å². The van der Waals surface area contributed by atoms with Gasteiger partial charge >= 0.3 is 0 Å². The zero-order chi connectivity index (χ0) is 21.3. The number of morpholine rings is 1. The first kappa shape index (κ1) is 21.5. The number of guanidine groups is 1. The van der Waals surface area contributed by atoms with Crippen molar-refractivity contribution < 1.29 is 4.74 Å². The van der Waals surface area contributed by atoms with E-state index in [1.54, 1.807) is 12.4 Å². The number of ether oxygens (including phenoxy) is 1. The van der Waals surface area contributed by atoms with Gasteiger partial charge in [0.2, 0.25) is 5.95 Å². The summed E-state index contributed by atoms with van der Waals surface area (Å²) in [5.41, 5.74) is 1.31. The SMILES string of the molecule is CCNC(=NCC(c1ccccc1)N1CCOCC1)N1CCN(c2ncccn2)CC1. The average Bonchev–Trinajstić information content (AvgIpc) is 2.85. The van der Waals surface area contributed by atoms with E-state index >= 15 is 0 Å². The standard InChI is InChI=1S/C23H33N7O/c1-2-24-22(29-11-13-30(14-12-29)23-25-9-6-10-26-23)27-19-21(20-7-4-3-5-8-20)28-15-17-31-18-16-28/h3-10,21H,2,11-19H2,1H3,(H,24,27). The lowest BCUT2D eigenvalue weighted by molar-refractivity contribution is 0.0179. The third kappa shape index (κ3) is 5.71. The Morgan fingerprint density at radius 1 is 1.00 bits per heavy atom. The molecule has 0 amide bonds. The summed E-state index contributed by atoms with van der Waals surface area (Å²) >= 11 is 0. The summed E-state index contributed by atoms with van der Waals surface area (Å²) in [7, 11) is 0. The molecule has 1 atom stereocenters. The van der Waals surface area contributed by atoms with Crippen LogP contribution in [0.3, 0.4) is 0 Å². The van der Waals surface area contributed by atoms with Gasteiger partial charge < -0.3 is 19.9 Å². The molecule has 2 aromatic rings. The number of aliphatic imine (C=N–C) groups is 1. The number of piperazine rings is 1. The minimum absolute atomic E-state index is 0.262. The van der Waals surface area contributed by atoms with E-state index in [0.29, 0.717) is 0 Å². The van der Waals surface area contributed by atoms with Gasteiger partial charge in [-0.05, 0) is 18.6 Å². The van der Waals surface area contributed by atoms with Crippen LogP contribution in [0.5, 0.6) is 0 Å². The zero-order valence-corrected chi connectivity index (χ0v) is 18.4. The summed E-state index contributed by atoms with van der Waals surface area (Å²) in [6.45, 7) is 10.8. The second-order valence-electron chi connectivity index (χ2n) is 7.79. The fourth-order valence-corrected chi connectivity index (χ4v) is 4.17. The number of anilines is 1. The molecule has 0 aliphatic carbocycles. The molecule has 31 heavy (non-hydrogen) atoms. The van der Waals surface area contributed by atoms with Crippen LogP contribution >= 0.6 is 0 Å². The van der Waals surface area contributed by atoms with Crippen molar-refractivity contribution in [2.45, 2.75) is 13.0 Å². The predicted octanol–water partition coefficient (Wildman–Crippen LogP) is 1.64. The summed E-state index contributed by atoms with van der Waals surface area (Å²) in [6.07, 6.45) is 3.60. The summed E-state index contributed by atoms with van der Waals surface area (Å²) in [5, 5.41) is 3.50. The minimum atomic E-state index is 0.262. The Bertz CT molecular complexity index is 803. The summed E-state index contributed by atoms with van der Waals surface area (Å²) < 4.78 is 5.58.